The number of ether oxygens (including phenoxy) is 1. The molecule has 0 saturated carbocycles. The molecule has 2 aliphatic rings. The Kier molecular flexibility index (Phi) is 4.94. The van der Waals surface area contributed by atoms with Crippen LogP contribution in [0.25, 0.3) is 0 Å². The minimum absolute atomic E-state index is 0.0476. The highest BCUT2D eigenvalue weighted by molar-refractivity contribution is 7.76. The lowest BCUT2D eigenvalue weighted by Gasteiger charge is -2.41. The number of carbonyl (C=O) groups excluding carboxylic acids is 1. The highest BCUT2D eigenvalue weighted by Crippen LogP contribution is 2.33. The van der Waals surface area contributed by atoms with Gasteiger partial charge >= 0.3 is 0 Å². The van der Waals surface area contributed by atoms with Gasteiger partial charge in [0.15, 0.2) is 0 Å². The van der Waals surface area contributed by atoms with Crippen molar-refractivity contribution in [3.63, 3.8) is 0 Å². The lowest BCUT2D eigenvalue weighted by atomic mass is 9.92. The highest BCUT2D eigenvalue weighted by atomic mass is 32.2. The largest absolute Gasteiger partial charge is 0.760 e. The second kappa shape index (κ2) is 6.30. The van der Waals surface area contributed by atoms with Crippen LogP contribution in [0.1, 0.15) is 26.2 Å². The number of carbonyl (C=O) groups is 1. The van der Waals surface area contributed by atoms with Crippen LogP contribution in [0.3, 0.4) is 0 Å². The zero-order valence-electron chi connectivity index (χ0n) is 11.4. The van der Waals surface area contributed by atoms with Crippen LogP contribution in [0.4, 0.5) is 0 Å². The Morgan fingerprint density at radius 1 is 1.47 bits per heavy atom. The maximum Gasteiger partial charge on any atom is 0.240 e. The molecule has 0 aromatic carbocycles. The number of amides is 1. The van der Waals surface area contributed by atoms with Crippen LogP contribution in [0.15, 0.2) is 0 Å². The van der Waals surface area contributed by atoms with Crippen LogP contribution in [-0.4, -0.2) is 62.8 Å². The molecule has 4 unspecified atom stereocenters. The van der Waals surface area contributed by atoms with Gasteiger partial charge in [0.25, 0.3) is 0 Å². The summed E-state index contributed by atoms with van der Waals surface area (Å²) in [5.74, 6) is 0.0827. The van der Waals surface area contributed by atoms with E-state index in [0.717, 1.165) is 12.8 Å². The average Bonchev–Trinajstić information content (AvgIpc) is 2.45. The van der Waals surface area contributed by atoms with Gasteiger partial charge in [-0.1, -0.05) is 6.92 Å². The quantitative estimate of drug-likeness (QED) is 0.690. The van der Waals surface area contributed by atoms with Gasteiger partial charge in [-0.2, -0.15) is 0 Å². The van der Waals surface area contributed by atoms with E-state index in [0.29, 0.717) is 26.1 Å². The van der Waals surface area contributed by atoms with Crippen LogP contribution in [0.5, 0.6) is 0 Å². The molecule has 19 heavy (non-hydrogen) atoms. The van der Waals surface area contributed by atoms with E-state index in [1.807, 2.05) is 6.92 Å². The predicted molar refractivity (Wildman–Crippen MR) is 69.8 cm³/mol. The zero-order valence-corrected chi connectivity index (χ0v) is 12.2. The van der Waals surface area contributed by atoms with Gasteiger partial charge in [-0.05, 0) is 25.2 Å². The van der Waals surface area contributed by atoms with Gasteiger partial charge in [-0.25, -0.2) is 4.31 Å². The predicted octanol–water partition coefficient (Wildman–Crippen LogP) is 0.128. The summed E-state index contributed by atoms with van der Waals surface area (Å²) in [5, 5.41) is 0. The van der Waals surface area contributed by atoms with Crippen LogP contribution in [0, 0.1) is 5.92 Å². The Morgan fingerprint density at radius 3 is 2.84 bits per heavy atom. The van der Waals surface area contributed by atoms with Crippen molar-refractivity contribution in [2.45, 2.75) is 38.3 Å². The Balaban J connectivity index is 2.24. The number of hydrogen-bond acceptors (Lipinski definition) is 4. The van der Waals surface area contributed by atoms with Gasteiger partial charge < -0.3 is 14.2 Å². The van der Waals surface area contributed by atoms with Crippen molar-refractivity contribution in [1.82, 2.24) is 9.21 Å². The van der Waals surface area contributed by atoms with Crippen LogP contribution in [0.2, 0.25) is 0 Å². The van der Waals surface area contributed by atoms with Gasteiger partial charge in [0, 0.05) is 37.5 Å². The molecule has 110 valence electrons. The lowest BCUT2D eigenvalue weighted by molar-refractivity contribution is -0.135. The highest BCUT2D eigenvalue weighted by Gasteiger charge is 2.43. The number of methoxy groups -OCH3 is 1. The first-order valence-electron chi connectivity index (χ1n) is 6.71. The second-order valence-electron chi connectivity index (χ2n) is 5.35. The van der Waals surface area contributed by atoms with Crippen molar-refractivity contribution in [2.24, 2.45) is 5.92 Å². The van der Waals surface area contributed by atoms with Crippen LogP contribution in [-0.2, 0) is 20.8 Å². The molecular weight excluding hydrogens is 268 g/mol. The first-order valence-corrected chi connectivity index (χ1v) is 7.75. The first kappa shape index (κ1) is 14.9. The fourth-order valence-electron chi connectivity index (χ4n) is 3.16. The summed E-state index contributed by atoms with van der Waals surface area (Å²) >= 11 is -2.33. The van der Waals surface area contributed by atoms with E-state index in [2.05, 4.69) is 0 Å². The smallest absolute Gasteiger partial charge is 0.240 e. The summed E-state index contributed by atoms with van der Waals surface area (Å²) in [5.41, 5.74) is 0. The number of nitrogens with zero attached hydrogens (tertiary/aromatic N) is 2. The van der Waals surface area contributed by atoms with Crippen molar-refractivity contribution in [3.05, 3.63) is 0 Å². The molecule has 2 aliphatic heterocycles. The summed E-state index contributed by atoms with van der Waals surface area (Å²) in [6, 6.07) is -0.563. The van der Waals surface area contributed by atoms with Gasteiger partial charge in [-0.3, -0.25) is 9.00 Å². The van der Waals surface area contributed by atoms with Crippen LogP contribution < -0.4 is 0 Å². The molecule has 2 heterocycles. The average molecular weight is 289 g/mol. The molecule has 0 N–H and O–H groups in total. The third kappa shape index (κ3) is 2.99. The SMILES string of the molecule is COCCN1CC(C)C2CCCC(C1=O)N2S(=O)[O-]. The Hall–Kier alpha value is -0.500. The molecule has 1 amide bonds. The minimum Gasteiger partial charge on any atom is -0.760 e. The summed E-state index contributed by atoms with van der Waals surface area (Å²) in [6.45, 7) is 3.64. The van der Waals surface area contributed by atoms with E-state index >= 15 is 0 Å². The lowest BCUT2D eigenvalue weighted by Crippen LogP contribution is -2.52. The molecule has 4 atom stereocenters. The maximum atomic E-state index is 12.5. The monoisotopic (exact) mass is 289 g/mol. The summed E-state index contributed by atoms with van der Waals surface area (Å²) in [6.07, 6.45) is 2.38. The Labute approximate surface area is 116 Å². The van der Waals surface area contributed by atoms with Crippen LogP contribution >= 0.6 is 0 Å². The first-order chi connectivity index (χ1) is 9.06. The molecule has 6 nitrogen and oxygen atoms in total. The number of fused-ring (bicyclic) bond motifs is 2. The third-order valence-corrected chi connectivity index (χ3v) is 4.98. The summed E-state index contributed by atoms with van der Waals surface area (Å²) in [4.78, 5) is 14.2. The summed E-state index contributed by atoms with van der Waals surface area (Å²) < 4.78 is 29.3. The molecule has 2 fully saturated rings. The van der Waals surface area contributed by atoms with Gasteiger partial charge in [0.1, 0.15) is 6.04 Å². The maximum absolute atomic E-state index is 12.5. The molecule has 2 bridgehead atoms. The fourth-order valence-corrected chi connectivity index (χ4v) is 4.10. The van der Waals surface area contributed by atoms with Crippen molar-refractivity contribution in [1.29, 1.82) is 0 Å². The number of hydrogen-bond donors (Lipinski definition) is 0. The molecular formula is C12H21N2O4S-. The topological polar surface area (TPSA) is 72.9 Å². The molecule has 0 spiro atoms. The van der Waals surface area contributed by atoms with Crippen molar-refractivity contribution in [3.8, 4) is 0 Å². The normalized spacial score (nSPS) is 34.2. The van der Waals surface area contributed by atoms with Gasteiger partial charge in [-0.15, -0.1) is 0 Å². The standard InChI is InChI=1S/C12H22N2O4S/c1-9-8-13(6-7-18-2)12(15)11-5-3-4-10(9)14(11)19(16)17/h9-11H,3-8H2,1-2H3,(H,16,17)/p-1. The zero-order chi connectivity index (χ0) is 14.0. The molecule has 0 aliphatic carbocycles. The second-order valence-corrected chi connectivity index (χ2v) is 6.20. The number of piperidine rings is 1. The third-order valence-electron chi connectivity index (χ3n) is 4.11. The fraction of sp³-hybridized carbons (Fsp3) is 0.917. The number of rotatable bonds is 4. The summed E-state index contributed by atoms with van der Waals surface area (Å²) in [7, 11) is 1.60. The molecule has 7 heteroatoms. The van der Waals surface area contributed by atoms with Crippen molar-refractivity contribution in [2.75, 3.05) is 26.8 Å². The van der Waals surface area contributed by atoms with E-state index in [1.165, 1.54) is 4.31 Å². The van der Waals surface area contributed by atoms with E-state index in [4.69, 9.17) is 4.74 Å². The molecule has 0 radical (unpaired) electrons. The Bertz CT molecular complexity index is 366. The minimum atomic E-state index is -2.33. The van der Waals surface area contributed by atoms with Gasteiger partial charge in [0.05, 0.1) is 6.61 Å². The van der Waals surface area contributed by atoms with Crippen molar-refractivity contribution >= 4 is 17.2 Å². The molecule has 2 rings (SSSR count). The van der Waals surface area contributed by atoms with E-state index in [9.17, 15) is 13.6 Å². The Morgan fingerprint density at radius 2 is 2.21 bits per heavy atom. The molecule has 0 aromatic rings. The van der Waals surface area contributed by atoms with E-state index in [1.54, 1.807) is 12.0 Å². The van der Waals surface area contributed by atoms with E-state index in [-0.39, 0.29) is 17.9 Å². The van der Waals surface area contributed by atoms with E-state index < -0.39 is 17.3 Å². The van der Waals surface area contributed by atoms with Crippen molar-refractivity contribution < 1.29 is 18.3 Å². The molecule has 0 aromatic heterocycles. The molecule has 2 saturated heterocycles. The van der Waals surface area contributed by atoms with Gasteiger partial charge in [0.2, 0.25) is 5.91 Å².